The fourth-order valence-corrected chi connectivity index (χ4v) is 3.28. The summed E-state index contributed by atoms with van der Waals surface area (Å²) in [6.07, 6.45) is 11.1. The van der Waals surface area contributed by atoms with E-state index in [1.54, 1.807) is 0 Å². The van der Waals surface area contributed by atoms with Crippen LogP contribution in [0.4, 0.5) is 0 Å². The lowest BCUT2D eigenvalue weighted by Crippen LogP contribution is -2.26. The third-order valence-corrected chi connectivity index (χ3v) is 4.54. The van der Waals surface area contributed by atoms with Crippen molar-refractivity contribution in [2.75, 3.05) is 19.6 Å². The Morgan fingerprint density at radius 2 is 1.84 bits per heavy atom. The number of amides is 1. The number of nitrogens with one attached hydrogen (secondary N) is 2. The van der Waals surface area contributed by atoms with Gasteiger partial charge in [-0.1, -0.05) is 32.1 Å². The molecule has 2 N–H and O–H groups in total. The predicted molar refractivity (Wildman–Crippen MR) is 81.7 cm³/mol. The van der Waals surface area contributed by atoms with Gasteiger partial charge < -0.3 is 10.6 Å². The van der Waals surface area contributed by atoms with Crippen LogP contribution in [0.2, 0.25) is 0 Å². The Kier molecular flexibility index (Phi) is 8.47. The average Bonchev–Trinajstić information content (AvgIpc) is 2.91. The fourth-order valence-electron chi connectivity index (χ4n) is 3.28. The van der Waals surface area contributed by atoms with Crippen LogP contribution in [0.25, 0.3) is 0 Å². The molecule has 1 aliphatic carbocycles. The van der Waals surface area contributed by atoms with Crippen LogP contribution in [0.15, 0.2) is 0 Å². The van der Waals surface area contributed by atoms with E-state index in [4.69, 9.17) is 0 Å². The molecule has 1 unspecified atom stereocenters. The van der Waals surface area contributed by atoms with Crippen molar-refractivity contribution in [3.63, 3.8) is 0 Å². The largest absolute Gasteiger partial charge is 0.356 e. The summed E-state index contributed by atoms with van der Waals surface area (Å²) in [7, 11) is 0. The second-order valence-electron chi connectivity index (χ2n) is 6.04. The molecule has 112 valence electrons. The van der Waals surface area contributed by atoms with Crippen molar-refractivity contribution >= 4 is 18.3 Å². The summed E-state index contributed by atoms with van der Waals surface area (Å²) in [4.78, 5) is 11.7. The third-order valence-electron chi connectivity index (χ3n) is 4.54. The number of carbonyl (C=O) groups excluding carboxylic acids is 1. The Labute approximate surface area is 123 Å². The van der Waals surface area contributed by atoms with Crippen LogP contribution in [0, 0.1) is 11.8 Å². The number of hydrogen-bond acceptors (Lipinski definition) is 2. The molecule has 2 rings (SSSR count). The van der Waals surface area contributed by atoms with Crippen molar-refractivity contribution in [3.8, 4) is 0 Å². The van der Waals surface area contributed by atoms with Gasteiger partial charge in [-0.25, -0.2) is 0 Å². The summed E-state index contributed by atoms with van der Waals surface area (Å²) in [5.74, 6) is 1.87. The van der Waals surface area contributed by atoms with Gasteiger partial charge in [0.05, 0.1) is 0 Å². The number of halogens is 1. The molecule has 1 aliphatic heterocycles. The van der Waals surface area contributed by atoms with Crippen molar-refractivity contribution in [2.45, 2.75) is 57.8 Å². The molecule has 0 bridgehead atoms. The summed E-state index contributed by atoms with van der Waals surface area (Å²) in [6, 6.07) is 0. The van der Waals surface area contributed by atoms with E-state index in [1.807, 2.05) is 0 Å². The molecule has 3 nitrogen and oxygen atoms in total. The molecule has 1 saturated heterocycles. The van der Waals surface area contributed by atoms with Crippen LogP contribution in [0.1, 0.15) is 57.8 Å². The fraction of sp³-hybridized carbons (Fsp3) is 0.933. The average molecular weight is 289 g/mol. The predicted octanol–water partition coefficient (Wildman–Crippen LogP) is 2.88. The minimum atomic E-state index is 0. The van der Waals surface area contributed by atoms with Crippen LogP contribution in [0.5, 0.6) is 0 Å². The van der Waals surface area contributed by atoms with Gasteiger partial charge in [0.2, 0.25) is 5.91 Å². The van der Waals surface area contributed by atoms with Crippen LogP contribution in [0.3, 0.4) is 0 Å². The van der Waals surface area contributed by atoms with E-state index in [9.17, 15) is 4.79 Å². The Morgan fingerprint density at radius 3 is 2.53 bits per heavy atom. The third kappa shape index (κ3) is 6.62. The van der Waals surface area contributed by atoms with Gasteiger partial charge in [0.25, 0.3) is 0 Å². The molecule has 0 aromatic rings. The lowest BCUT2D eigenvalue weighted by atomic mass is 9.86. The van der Waals surface area contributed by atoms with E-state index in [0.29, 0.717) is 0 Å². The summed E-state index contributed by atoms with van der Waals surface area (Å²) < 4.78 is 0. The standard InChI is InChI=1S/C15H28N2O.ClH/c18-15(7-6-13-4-2-1-3-5-13)17-11-9-14-8-10-16-12-14;/h13-14,16H,1-12H2,(H,17,18);1H. The van der Waals surface area contributed by atoms with Crippen LogP contribution < -0.4 is 10.6 Å². The molecule has 19 heavy (non-hydrogen) atoms. The molecule has 0 aromatic heterocycles. The molecular weight excluding hydrogens is 260 g/mol. The second kappa shape index (κ2) is 9.60. The smallest absolute Gasteiger partial charge is 0.220 e. The molecule has 4 heteroatoms. The molecular formula is C15H29ClN2O. The lowest BCUT2D eigenvalue weighted by Gasteiger charge is -2.21. The van der Waals surface area contributed by atoms with E-state index in [1.165, 1.54) is 38.5 Å². The quantitative estimate of drug-likeness (QED) is 0.789. The van der Waals surface area contributed by atoms with Crippen molar-refractivity contribution in [3.05, 3.63) is 0 Å². The van der Waals surface area contributed by atoms with Gasteiger partial charge in [-0.2, -0.15) is 0 Å². The van der Waals surface area contributed by atoms with Crippen LogP contribution >= 0.6 is 12.4 Å². The first kappa shape index (κ1) is 16.8. The summed E-state index contributed by atoms with van der Waals surface area (Å²) in [5.41, 5.74) is 0. The van der Waals surface area contributed by atoms with Crippen molar-refractivity contribution in [2.24, 2.45) is 11.8 Å². The first-order valence-electron chi connectivity index (χ1n) is 7.82. The highest BCUT2D eigenvalue weighted by Gasteiger charge is 2.16. The monoisotopic (exact) mass is 288 g/mol. The maximum Gasteiger partial charge on any atom is 0.220 e. The van der Waals surface area contributed by atoms with Gasteiger partial charge in [-0.3, -0.25) is 4.79 Å². The summed E-state index contributed by atoms with van der Waals surface area (Å²) in [6.45, 7) is 3.16. The van der Waals surface area contributed by atoms with Crippen LogP contribution in [-0.2, 0) is 4.79 Å². The Morgan fingerprint density at radius 1 is 1.05 bits per heavy atom. The van der Waals surface area contributed by atoms with Crippen LogP contribution in [-0.4, -0.2) is 25.5 Å². The maximum atomic E-state index is 11.7. The van der Waals surface area contributed by atoms with Crippen molar-refractivity contribution < 1.29 is 4.79 Å². The SMILES string of the molecule is Cl.O=C(CCC1CCCCC1)NCCC1CCNC1. The molecule has 0 aromatic carbocycles. The molecule has 1 heterocycles. The maximum absolute atomic E-state index is 11.7. The minimum Gasteiger partial charge on any atom is -0.356 e. The normalized spacial score (nSPS) is 23.9. The van der Waals surface area contributed by atoms with E-state index < -0.39 is 0 Å². The zero-order chi connectivity index (χ0) is 12.6. The second-order valence-corrected chi connectivity index (χ2v) is 6.04. The van der Waals surface area contributed by atoms with Gasteiger partial charge in [0.1, 0.15) is 0 Å². The van der Waals surface area contributed by atoms with Gasteiger partial charge in [0.15, 0.2) is 0 Å². The van der Waals surface area contributed by atoms with E-state index in [2.05, 4.69) is 10.6 Å². The first-order chi connectivity index (χ1) is 8.84. The first-order valence-corrected chi connectivity index (χ1v) is 7.82. The highest BCUT2D eigenvalue weighted by molar-refractivity contribution is 5.85. The van der Waals surface area contributed by atoms with E-state index >= 15 is 0 Å². The zero-order valence-corrected chi connectivity index (χ0v) is 12.8. The van der Waals surface area contributed by atoms with Gasteiger partial charge in [-0.15, -0.1) is 12.4 Å². The zero-order valence-electron chi connectivity index (χ0n) is 12.0. The minimum absolute atomic E-state index is 0. The van der Waals surface area contributed by atoms with Gasteiger partial charge >= 0.3 is 0 Å². The van der Waals surface area contributed by atoms with Gasteiger partial charge in [-0.05, 0) is 44.2 Å². The highest BCUT2D eigenvalue weighted by atomic mass is 35.5. The van der Waals surface area contributed by atoms with Crippen molar-refractivity contribution in [1.82, 2.24) is 10.6 Å². The topological polar surface area (TPSA) is 41.1 Å². The number of carbonyl (C=O) groups is 1. The Bertz CT molecular complexity index is 249. The van der Waals surface area contributed by atoms with E-state index in [0.717, 1.165) is 50.7 Å². The molecule has 2 aliphatic rings. The summed E-state index contributed by atoms with van der Waals surface area (Å²) in [5, 5.41) is 6.45. The Hall–Kier alpha value is -0.280. The number of hydrogen-bond donors (Lipinski definition) is 2. The van der Waals surface area contributed by atoms with Crippen molar-refractivity contribution in [1.29, 1.82) is 0 Å². The molecule has 0 radical (unpaired) electrons. The number of rotatable bonds is 6. The van der Waals surface area contributed by atoms with E-state index in [-0.39, 0.29) is 18.3 Å². The molecule has 2 fully saturated rings. The highest BCUT2D eigenvalue weighted by Crippen LogP contribution is 2.27. The lowest BCUT2D eigenvalue weighted by molar-refractivity contribution is -0.121. The Balaban J connectivity index is 0.00000180. The molecule has 1 atom stereocenters. The molecule has 1 saturated carbocycles. The summed E-state index contributed by atoms with van der Waals surface area (Å²) >= 11 is 0. The van der Waals surface area contributed by atoms with Gasteiger partial charge in [0, 0.05) is 13.0 Å². The molecule has 0 spiro atoms. The molecule has 1 amide bonds.